The van der Waals surface area contributed by atoms with Gasteiger partial charge < -0.3 is 15.8 Å². The zero-order chi connectivity index (χ0) is 20.3. The molecule has 0 unspecified atom stereocenters. The Kier molecular flexibility index (Phi) is 5.30. The topological polar surface area (TPSA) is 107 Å². The molecule has 3 aromatic rings. The molecule has 0 spiro atoms. The molecule has 28 heavy (non-hydrogen) atoms. The fourth-order valence-electron chi connectivity index (χ4n) is 2.49. The summed E-state index contributed by atoms with van der Waals surface area (Å²) in [6.45, 7) is 1.96. The van der Waals surface area contributed by atoms with Crippen molar-refractivity contribution in [1.82, 2.24) is 9.97 Å². The average Bonchev–Trinajstić information content (AvgIpc) is 2.68. The van der Waals surface area contributed by atoms with E-state index in [1.54, 1.807) is 0 Å². The van der Waals surface area contributed by atoms with Crippen LogP contribution in [-0.2, 0) is 4.74 Å². The molecule has 1 amide bonds. The van der Waals surface area contributed by atoms with Gasteiger partial charge in [-0.25, -0.2) is 19.2 Å². The number of nitrogens with one attached hydrogen (secondary N) is 1. The lowest BCUT2D eigenvalue weighted by atomic mass is 10.1. The number of nitrogen functional groups attached to an aromatic ring is 1. The number of benzene rings is 2. The van der Waals surface area contributed by atoms with E-state index < -0.39 is 17.7 Å². The Balaban J connectivity index is 1.86. The Morgan fingerprint density at radius 3 is 2.50 bits per heavy atom. The molecule has 3 rings (SSSR count). The summed E-state index contributed by atoms with van der Waals surface area (Å²) in [6, 6.07) is 11.2. The van der Waals surface area contributed by atoms with E-state index in [2.05, 4.69) is 20.0 Å². The maximum Gasteiger partial charge on any atom is 0.340 e. The normalized spacial score (nSPS) is 10.4. The number of hydrogen-bond donors (Lipinski definition) is 2. The van der Waals surface area contributed by atoms with Gasteiger partial charge in [0.15, 0.2) is 11.5 Å². The van der Waals surface area contributed by atoms with Crippen LogP contribution in [0.1, 0.15) is 26.4 Å². The number of anilines is 2. The number of nitrogens with two attached hydrogens (primary N) is 1. The minimum absolute atomic E-state index is 0.0555. The van der Waals surface area contributed by atoms with Gasteiger partial charge in [0.25, 0.3) is 5.91 Å². The van der Waals surface area contributed by atoms with Gasteiger partial charge in [-0.15, -0.1) is 0 Å². The van der Waals surface area contributed by atoms with Crippen molar-refractivity contribution in [2.24, 2.45) is 0 Å². The number of carbonyl (C=O) groups excluding carboxylic acids is 2. The third-order valence-electron chi connectivity index (χ3n) is 4.00. The first kappa shape index (κ1) is 19.0. The molecule has 0 radical (unpaired) electrons. The van der Waals surface area contributed by atoms with Crippen molar-refractivity contribution >= 4 is 23.4 Å². The third kappa shape index (κ3) is 3.96. The summed E-state index contributed by atoms with van der Waals surface area (Å²) >= 11 is 0. The van der Waals surface area contributed by atoms with Gasteiger partial charge in [0.2, 0.25) is 0 Å². The molecule has 8 heteroatoms. The van der Waals surface area contributed by atoms with Crippen molar-refractivity contribution in [2.75, 3.05) is 18.2 Å². The van der Waals surface area contributed by atoms with Gasteiger partial charge >= 0.3 is 5.97 Å². The number of aryl methyl sites for hydroxylation is 1. The summed E-state index contributed by atoms with van der Waals surface area (Å²) < 4.78 is 18.5. The van der Waals surface area contributed by atoms with Crippen LogP contribution in [0.15, 0.2) is 48.7 Å². The van der Waals surface area contributed by atoms with Gasteiger partial charge in [-0.3, -0.25) is 4.79 Å². The number of rotatable bonds is 4. The molecule has 1 heterocycles. The van der Waals surface area contributed by atoms with Gasteiger partial charge in [0.05, 0.1) is 24.6 Å². The quantitative estimate of drug-likeness (QED) is 0.673. The molecule has 0 fully saturated rings. The number of methoxy groups -OCH3 is 1. The number of esters is 1. The highest BCUT2D eigenvalue weighted by molar-refractivity contribution is 6.06. The second-order valence-corrected chi connectivity index (χ2v) is 6.00. The lowest BCUT2D eigenvalue weighted by Crippen LogP contribution is -2.17. The molecule has 0 saturated carbocycles. The first-order valence-electron chi connectivity index (χ1n) is 8.28. The van der Waals surface area contributed by atoms with Crippen LogP contribution in [0.3, 0.4) is 0 Å². The number of hydrogen-bond acceptors (Lipinski definition) is 6. The highest BCUT2D eigenvalue weighted by atomic mass is 19.1. The van der Waals surface area contributed by atoms with E-state index in [-0.39, 0.29) is 22.8 Å². The SMILES string of the molecule is COC(=O)c1ccc(NC(=O)c2nc(-c3ccc(C)cc3)cnc2N)cc1F. The summed E-state index contributed by atoms with van der Waals surface area (Å²) in [5.41, 5.74) is 7.94. The van der Waals surface area contributed by atoms with Crippen molar-refractivity contribution in [1.29, 1.82) is 0 Å². The van der Waals surface area contributed by atoms with E-state index >= 15 is 0 Å². The molecule has 142 valence electrons. The molecule has 1 aromatic heterocycles. The van der Waals surface area contributed by atoms with Gasteiger partial charge in [0, 0.05) is 11.3 Å². The fourth-order valence-corrected chi connectivity index (χ4v) is 2.49. The van der Waals surface area contributed by atoms with Crippen LogP contribution in [-0.4, -0.2) is 29.0 Å². The zero-order valence-corrected chi connectivity index (χ0v) is 15.2. The van der Waals surface area contributed by atoms with Gasteiger partial charge in [-0.05, 0) is 25.1 Å². The lowest BCUT2D eigenvalue weighted by molar-refractivity contribution is 0.0595. The number of halogens is 1. The maximum absolute atomic E-state index is 14.0. The van der Waals surface area contributed by atoms with Crippen LogP contribution in [0.5, 0.6) is 0 Å². The minimum atomic E-state index is -0.822. The van der Waals surface area contributed by atoms with Crippen molar-refractivity contribution < 1.29 is 18.7 Å². The predicted octanol–water partition coefficient (Wildman–Crippen LogP) is 3.21. The zero-order valence-electron chi connectivity index (χ0n) is 15.2. The minimum Gasteiger partial charge on any atom is -0.465 e. The first-order chi connectivity index (χ1) is 13.4. The Labute approximate surface area is 160 Å². The van der Waals surface area contributed by atoms with Crippen molar-refractivity contribution in [3.05, 3.63) is 71.3 Å². The molecule has 7 nitrogen and oxygen atoms in total. The molecule has 0 bridgehead atoms. The number of aromatic nitrogens is 2. The van der Waals surface area contributed by atoms with Crippen molar-refractivity contribution in [3.8, 4) is 11.3 Å². The molecule has 0 aliphatic carbocycles. The second kappa shape index (κ2) is 7.83. The summed E-state index contributed by atoms with van der Waals surface area (Å²) in [6.07, 6.45) is 1.47. The van der Waals surface area contributed by atoms with E-state index in [9.17, 15) is 14.0 Å². The van der Waals surface area contributed by atoms with Crippen LogP contribution < -0.4 is 11.1 Å². The van der Waals surface area contributed by atoms with E-state index in [1.807, 2.05) is 31.2 Å². The molecular weight excluding hydrogens is 363 g/mol. The van der Waals surface area contributed by atoms with Crippen LogP contribution >= 0.6 is 0 Å². The van der Waals surface area contributed by atoms with Crippen LogP contribution in [0.4, 0.5) is 15.9 Å². The van der Waals surface area contributed by atoms with Crippen LogP contribution in [0.2, 0.25) is 0 Å². The van der Waals surface area contributed by atoms with E-state index in [4.69, 9.17) is 5.73 Å². The Morgan fingerprint density at radius 2 is 1.86 bits per heavy atom. The summed E-state index contributed by atoms with van der Waals surface area (Å²) in [7, 11) is 1.15. The number of ether oxygens (including phenoxy) is 1. The Bertz CT molecular complexity index is 1050. The van der Waals surface area contributed by atoms with Crippen molar-refractivity contribution in [2.45, 2.75) is 6.92 Å². The number of nitrogens with zero attached hydrogens (tertiary/aromatic N) is 2. The maximum atomic E-state index is 14.0. The number of amides is 1. The Morgan fingerprint density at radius 1 is 1.14 bits per heavy atom. The van der Waals surface area contributed by atoms with Gasteiger partial charge in [-0.1, -0.05) is 29.8 Å². The highest BCUT2D eigenvalue weighted by Gasteiger charge is 2.17. The van der Waals surface area contributed by atoms with Crippen LogP contribution in [0, 0.1) is 12.7 Å². The number of carbonyl (C=O) groups is 2. The molecule has 3 N–H and O–H groups in total. The Hall–Kier alpha value is -3.81. The van der Waals surface area contributed by atoms with Gasteiger partial charge in [0.1, 0.15) is 5.82 Å². The largest absolute Gasteiger partial charge is 0.465 e. The summed E-state index contributed by atoms with van der Waals surface area (Å²) in [4.78, 5) is 32.3. The molecule has 2 aromatic carbocycles. The second-order valence-electron chi connectivity index (χ2n) is 6.00. The molecular formula is C20H17FN4O3. The standard InChI is InChI=1S/C20H17FN4O3/c1-11-3-5-12(6-4-11)16-10-23-18(22)17(25-16)19(26)24-13-7-8-14(15(21)9-13)20(27)28-2/h3-10H,1-2H3,(H2,22,23)(H,24,26). The van der Waals surface area contributed by atoms with Crippen LogP contribution in [0.25, 0.3) is 11.3 Å². The molecule has 0 saturated heterocycles. The predicted molar refractivity (Wildman–Crippen MR) is 102 cm³/mol. The monoisotopic (exact) mass is 380 g/mol. The first-order valence-corrected chi connectivity index (χ1v) is 8.28. The third-order valence-corrected chi connectivity index (χ3v) is 4.00. The lowest BCUT2D eigenvalue weighted by Gasteiger charge is -2.09. The molecule has 0 atom stereocenters. The smallest absolute Gasteiger partial charge is 0.340 e. The fraction of sp³-hybridized carbons (Fsp3) is 0.100. The summed E-state index contributed by atoms with van der Waals surface area (Å²) in [5, 5.41) is 2.50. The van der Waals surface area contributed by atoms with E-state index in [0.29, 0.717) is 5.69 Å². The summed E-state index contributed by atoms with van der Waals surface area (Å²) in [5.74, 6) is -2.34. The van der Waals surface area contributed by atoms with E-state index in [1.165, 1.54) is 18.3 Å². The average molecular weight is 380 g/mol. The van der Waals surface area contributed by atoms with Gasteiger partial charge in [-0.2, -0.15) is 0 Å². The van der Waals surface area contributed by atoms with E-state index in [0.717, 1.165) is 24.3 Å². The molecule has 0 aliphatic rings. The highest BCUT2D eigenvalue weighted by Crippen LogP contribution is 2.21. The molecule has 0 aliphatic heterocycles. The van der Waals surface area contributed by atoms with Crippen molar-refractivity contribution in [3.63, 3.8) is 0 Å².